The number of rotatable bonds is 0. The average Bonchev–Trinajstić information content (AvgIpc) is 0. The molecule has 0 saturated heterocycles. The molecule has 0 saturated carbocycles. The predicted octanol–water partition coefficient (Wildman–Crippen LogP) is -12.4. The van der Waals surface area contributed by atoms with Crippen LogP contribution in [-0.4, -0.2) is 45.5 Å². The molecule has 5 heavy (non-hydrogen) atoms. The van der Waals surface area contributed by atoms with Crippen LogP contribution in [0.3, 0.4) is 0 Å². The normalized spacial score (nSPS) is 0. The summed E-state index contributed by atoms with van der Waals surface area (Å²) in [6, 6.07) is 0. The molecule has 0 aliphatic carbocycles. The first-order chi connectivity index (χ1) is 0. The molecule has 0 amide bonds. The molecule has 0 aromatic rings. The van der Waals surface area contributed by atoms with E-state index in [0.717, 1.165) is 0 Å². The Morgan fingerprint density at radius 3 is 0.600 bits per heavy atom. The molecule has 0 aromatic heterocycles. The summed E-state index contributed by atoms with van der Waals surface area (Å²) < 4.78 is 0. The molecule has 0 aliphatic rings. The molecule has 0 rings (SSSR count). The average molecular weight is 491 g/mol. The minimum atomic E-state index is 0. The maximum atomic E-state index is 0. The number of halogens is 3. The van der Waals surface area contributed by atoms with Gasteiger partial charge in [0, 0.05) is 0 Å². The largest absolute Gasteiger partial charge is 2.00 e. The Labute approximate surface area is 143 Å². The maximum Gasteiger partial charge on any atom is 2.00 e. The molecule has 5 heteroatoms. The third-order valence-electron chi connectivity index (χ3n) is 0. The molecule has 0 atom stereocenters. The van der Waals surface area contributed by atoms with E-state index in [4.69, 9.17) is 0 Å². The van der Waals surface area contributed by atoms with Crippen molar-refractivity contribution in [1.82, 2.24) is 0 Å². The van der Waals surface area contributed by atoms with Crippen LogP contribution in [0.4, 0.5) is 0 Å². The van der Waals surface area contributed by atoms with Gasteiger partial charge >= 0.3 is 75.0 Å². The van der Waals surface area contributed by atoms with Crippen LogP contribution in [0, 0.1) is 0 Å². The molecule has 0 bridgehead atoms. The van der Waals surface area contributed by atoms with Crippen LogP contribution in [0.25, 0.3) is 0 Å². The van der Waals surface area contributed by atoms with Gasteiger partial charge in [-0.1, -0.05) is 0 Å². The van der Waals surface area contributed by atoms with Crippen LogP contribution < -0.4 is 101 Å². The van der Waals surface area contributed by atoms with Crippen molar-refractivity contribution in [3.8, 4) is 0 Å². The second-order valence-corrected chi connectivity index (χ2v) is 0. The zero-order chi connectivity index (χ0) is 0. The Balaban J connectivity index is 0. The molecule has 0 fully saturated rings. The smallest absolute Gasteiger partial charge is 1.00 e. The first-order valence-corrected chi connectivity index (χ1v) is 0. The van der Waals surface area contributed by atoms with Crippen molar-refractivity contribution < 1.29 is 101 Å². The maximum absolute atomic E-state index is 0. The van der Waals surface area contributed by atoms with E-state index in [1.54, 1.807) is 0 Å². The quantitative estimate of drug-likeness (QED) is 0.234. The van der Waals surface area contributed by atoms with Crippen LogP contribution in [0.2, 0.25) is 0 Å². The van der Waals surface area contributed by atoms with Crippen LogP contribution in [0.15, 0.2) is 0 Å². The Kier molecular flexibility index (Phi) is 156. The van der Waals surface area contributed by atoms with Crippen LogP contribution in [0.1, 0.15) is 0 Å². The van der Waals surface area contributed by atoms with Crippen molar-refractivity contribution in [3.05, 3.63) is 0 Å². The van der Waals surface area contributed by atoms with Crippen LogP contribution >= 0.6 is 0 Å². The predicted molar refractivity (Wildman–Crippen MR) is 5.75 cm³/mol. The van der Waals surface area contributed by atoms with E-state index in [1.165, 1.54) is 0 Å². The van der Waals surface area contributed by atoms with Crippen molar-refractivity contribution >= 4 is 45.5 Å². The summed E-state index contributed by atoms with van der Waals surface area (Å²) in [5.74, 6) is 0. The van der Waals surface area contributed by atoms with Gasteiger partial charge in [0.15, 0.2) is 0 Å². The molecule has 0 spiro atoms. The van der Waals surface area contributed by atoms with Gasteiger partial charge in [-0.05, 0) is 0 Å². The molecule has 0 aliphatic heterocycles. The molecule has 0 nitrogen and oxygen atoms in total. The van der Waals surface area contributed by atoms with Gasteiger partial charge in [0.1, 0.15) is 0 Å². The second-order valence-electron chi connectivity index (χ2n) is 0. The Morgan fingerprint density at radius 2 is 0.600 bits per heavy atom. The van der Waals surface area contributed by atoms with Crippen molar-refractivity contribution in [1.29, 1.82) is 0 Å². The summed E-state index contributed by atoms with van der Waals surface area (Å²) >= 11 is 0. The molecule has 24 valence electrons. The zero-order valence-electron chi connectivity index (χ0n) is 2.84. The molecular formula is I3NaSr. The Bertz CT molecular complexity index is 6.85. The van der Waals surface area contributed by atoms with E-state index in [2.05, 4.69) is 0 Å². The van der Waals surface area contributed by atoms with Gasteiger partial charge < -0.3 is 71.9 Å². The zero-order valence-corrected chi connectivity index (χ0v) is 14.8. The van der Waals surface area contributed by atoms with Crippen molar-refractivity contribution in [3.63, 3.8) is 0 Å². The van der Waals surface area contributed by atoms with Gasteiger partial charge in [-0.2, -0.15) is 0 Å². The molecule has 0 unspecified atom stereocenters. The van der Waals surface area contributed by atoms with Gasteiger partial charge in [0.05, 0.1) is 0 Å². The van der Waals surface area contributed by atoms with Crippen molar-refractivity contribution in [2.24, 2.45) is 0 Å². The van der Waals surface area contributed by atoms with E-state index < -0.39 is 0 Å². The van der Waals surface area contributed by atoms with Crippen molar-refractivity contribution in [2.45, 2.75) is 0 Å². The fourth-order valence-electron chi connectivity index (χ4n) is 0. The topological polar surface area (TPSA) is 0 Å². The molecule has 0 radical (unpaired) electrons. The summed E-state index contributed by atoms with van der Waals surface area (Å²) in [6.07, 6.45) is 0. The summed E-state index contributed by atoms with van der Waals surface area (Å²) in [4.78, 5) is 0. The molecule has 0 heterocycles. The minimum absolute atomic E-state index is 0. The van der Waals surface area contributed by atoms with Gasteiger partial charge in [-0.15, -0.1) is 0 Å². The fraction of sp³-hybridized carbons (Fsp3) is 0. The monoisotopic (exact) mass is 492 g/mol. The fourth-order valence-corrected chi connectivity index (χ4v) is 0. The SMILES string of the molecule is [I-].[I-].[I-].[Na+].[Sr+2]. The van der Waals surface area contributed by atoms with Gasteiger partial charge in [0.2, 0.25) is 0 Å². The Hall–Kier alpha value is 4.67. The minimum Gasteiger partial charge on any atom is -1.00 e. The summed E-state index contributed by atoms with van der Waals surface area (Å²) in [5, 5.41) is 0. The van der Waals surface area contributed by atoms with Crippen molar-refractivity contribution in [2.75, 3.05) is 0 Å². The third-order valence-corrected chi connectivity index (χ3v) is 0. The van der Waals surface area contributed by atoms with E-state index in [-0.39, 0.29) is 147 Å². The molecule has 0 aromatic carbocycles. The standard InChI is InChI=1S/3HI.Na.Sr/h3*1H;;/q;;;+1;+2/p-3. The van der Waals surface area contributed by atoms with Crippen LogP contribution in [-0.2, 0) is 0 Å². The van der Waals surface area contributed by atoms with E-state index in [1.807, 2.05) is 0 Å². The second kappa shape index (κ2) is 23.4. The Morgan fingerprint density at radius 1 is 0.600 bits per heavy atom. The van der Waals surface area contributed by atoms with Gasteiger partial charge in [-0.25, -0.2) is 0 Å². The molecular weight excluding hydrogens is 491 g/mol. The number of hydrogen-bond acceptors (Lipinski definition) is 0. The van der Waals surface area contributed by atoms with Gasteiger partial charge in [0.25, 0.3) is 0 Å². The summed E-state index contributed by atoms with van der Waals surface area (Å²) in [5.41, 5.74) is 0. The molecule has 0 N–H and O–H groups in total. The first kappa shape index (κ1) is 33.3. The summed E-state index contributed by atoms with van der Waals surface area (Å²) in [7, 11) is 0. The first-order valence-electron chi connectivity index (χ1n) is 0. The summed E-state index contributed by atoms with van der Waals surface area (Å²) in [6.45, 7) is 0. The van der Waals surface area contributed by atoms with E-state index in [0.29, 0.717) is 0 Å². The third kappa shape index (κ3) is 17.7. The van der Waals surface area contributed by atoms with E-state index >= 15 is 0 Å². The van der Waals surface area contributed by atoms with Crippen LogP contribution in [0.5, 0.6) is 0 Å². The number of hydrogen-bond donors (Lipinski definition) is 0. The van der Waals surface area contributed by atoms with Gasteiger partial charge in [-0.3, -0.25) is 0 Å². The van der Waals surface area contributed by atoms with E-state index in [9.17, 15) is 0 Å².